The van der Waals surface area contributed by atoms with Crippen LogP contribution in [0.1, 0.15) is 16.1 Å². The molecule has 3 N–H and O–H groups in total. The molecule has 0 fully saturated rings. The lowest BCUT2D eigenvalue weighted by Gasteiger charge is -2.06. The summed E-state index contributed by atoms with van der Waals surface area (Å²) in [4.78, 5) is 14.9. The van der Waals surface area contributed by atoms with Crippen LogP contribution in [-0.2, 0) is 0 Å². The smallest absolute Gasteiger partial charge is 0.267 e. The number of carbonyl (C=O) groups excluding carboxylic acids is 1. The van der Waals surface area contributed by atoms with Gasteiger partial charge in [0.2, 0.25) is 5.88 Å². The van der Waals surface area contributed by atoms with Gasteiger partial charge >= 0.3 is 0 Å². The van der Waals surface area contributed by atoms with E-state index in [0.29, 0.717) is 5.75 Å². The zero-order valence-electron chi connectivity index (χ0n) is 9.75. The van der Waals surface area contributed by atoms with Gasteiger partial charge in [0.1, 0.15) is 17.2 Å². The number of carbonyl (C=O) groups is 1. The molecule has 0 bridgehead atoms. The molecule has 0 aliphatic rings. The number of phenols is 1. The first kappa shape index (κ1) is 11.9. The summed E-state index contributed by atoms with van der Waals surface area (Å²) in [5, 5.41) is 9.44. The minimum atomic E-state index is -0.618. The Morgan fingerprint density at radius 2 is 2.11 bits per heavy atom. The highest BCUT2D eigenvalue weighted by atomic mass is 16.5. The van der Waals surface area contributed by atoms with Crippen molar-refractivity contribution < 1.29 is 14.6 Å². The number of aromatic hydroxyl groups is 1. The van der Waals surface area contributed by atoms with Crippen molar-refractivity contribution in [3.05, 3.63) is 47.7 Å². The molecule has 2 rings (SSSR count). The molecule has 92 valence electrons. The topological polar surface area (TPSA) is 85.4 Å². The van der Waals surface area contributed by atoms with Crippen molar-refractivity contribution in [1.82, 2.24) is 4.98 Å². The number of phenolic OH excluding ortho intramolecular Hbond substituents is 1. The zero-order chi connectivity index (χ0) is 13.1. The van der Waals surface area contributed by atoms with E-state index in [1.165, 1.54) is 12.1 Å². The molecule has 1 heterocycles. The van der Waals surface area contributed by atoms with Crippen LogP contribution >= 0.6 is 0 Å². The molecule has 0 radical (unpaired) electrons. The number of aryl methyl sites for hydroxylation is 1. The summed E-state index contributed by atoms with van der Waals surface area (Å²) in [5.41, 5.74) is 6.11. The van der Waals surface area contributed by atoms with Crippen LogP contribution in [0.4, 0.5) is 0 Å². The first-order valence-electron chi connectivity index (χ1n) is 5.30. The molecule has 2 aromatic rings. The van der Waals surface area contributed by atoms with Gasteiger partial charge < -0.3 is 15.6 Å². The minimum absolute atomic E-state index is 0.107. The van der Waals surface area contributed by atoms with Gasteiger partial charge in [-0.3, -0.25) is 4.79 Å². The van der Waals surface area contributed by atoms with Gasteiger partial charge in [-0.15, -0.1) is 0 Å². The molecular formula is C13H12N2O3. The second-order valence-corrected chi connectivity index (χ2v) is 3.83. The number of ether oxygens (including phenoxy) is 1. The molecule has 1 amide bonds. The molecular weight excluding hydrogens is 232 g/mol. The third-order valence-corrected chi connectivity index (χ3v) is 2.23. The van der Waals surface area contributed by atoms with E-state index in [4.69, 9.17) is 10.5 Å². The summed E-state index contributed by atoms with van der Waals surface area (Å²) in [7, 11) is 0. The lowest BCUT2D eigenvalue weighted by molar-refractivity contribution is 0.0995. The highest BCUT2D eigenvalue weighted by Crippen LogP contribution is 2.25. The van der Waals surface area contributed by atoms with Crippen molar-refractivity contribution in [3.8, 4) is 17.4 Å². The molecule has 0 aliphatic heterocycles. The largest absolute Gasteiger partial charge is 0.508 e. The number of primary amides is 1. The van der Waals surface area contributed by atoms with E-state index in [1.807, 2.05) is 6.92 Å². The van der Waals surface area contributed by atoms with Crippen LogP contribution < -0.4 is 10.5 Å². The summed E-state index contributed by atoms with van der Waals surface area (Å²) >= 11 is 0. The van der Waals surface area contributed by atoms with Crippen molar-refractivity contribution in [2.75, 3.05) is 0 Å². The van der Waals surface area contributed by atoms with E-state index < -0.39 is 5.91 Å². The number of benzene rings is 1. The summed E-state index contributed by atoms with van der Waals surface area (Å²) in [6, 6.07) is 9.55. The molecule has 5 heteroatoms. The zero-order valence-corrected chi connectivity index (χ0v) is 9.75. The molecule has 1 aromatic heterocycles. The van der Waals surface area contributed by atoms with E-state index >= 15 is 0 Å². The van der Waals surface area contributed by atoms with Gasteiger partial charge in [0, 0.05) is 12.1 Å². The Bertz CT molecular complexity index is 576. The van der Waals surface area contributed by atoms with E-state index in [2.05, 4.69) is 4.98 Å². The van der Waals surface area contributed by atoms with Crippen LogP contribution in [0.2, 0.25) is 0 Å². The van der Waals surface area contributed by atoms with Gasteiger partial charge in [0.05, 0.1) is 0 Å². The molecule has 18 heavy (non-hydrogen) atoms. The summed E-state index contributed by atoms with van der Waals surface area (Å²) < 4.78 is 5.45. The first-order chi connectivity index (χ1) is 8.54. The molecule has 0 atom stereocenters. The number of nitrogens with two attached hydrogens (primary N) is 1. The summed E-state index contributed by atoms with van der Waals surface area (Å²) in [6.07, 6.45) is 0. The van der Waals surface area contributed by atoms with E-state index in [0.717, 1.165) is 5.56 Å². The average molecular weight is 244 g/mol. The lowest BCUT2D eigenvalue weighted by atomic mass is 10.2. The number of hydrogen-bond donors (Lipinski definition) is 2. The summed E-state index contributed by atoms with van der Waals surface area (Å²) in [6.45, 7) is 1.83. The molecule has 0 spiro atoms. The van der Waals surface area contributed by atoms with Crippen molar-refractivity contribution in [1.29, 1.82) is 0 Å². The summed E-state index contributed by atoms with van der Waals surface area (Å²) in [5.74, 6) is 0.182. The fourth-order valence-electron chi connectivity index (χ4n) is 1.52. The average Bonchev–Trinajstić information content (AvgIpc) is 2.27. The monoisotopic (exact) mass is 244 g/mol. The van der Waals surface area contributed by atoms with E-state index in [-0.39, 0.29) is 17.3 Å². The highest BCUT2D eigenvalue weighted by Gasteiger charge is 2.05. The fraction of sp³-hybridized carbons (Fsp3) is 0.0769. The maximum Gasteiger partial charge on any atom is 0.267 e. The van der Waals surface area contributed by atoms with Gasteiger partial charge in [0.25, 0.3) is 5.91 Å². The first-order valence-corrected chi connectivity index (χ1v) is 5.30. The molecule has 5 nitrogen and oxygen atoms in total. The number of aromatic nitrogens is 1. The molecule has 0 saturated carbocycles. The standard InChI is InChI=1S/C13H12N2O3/c1-8-5-9(16)7-10(6-8)18-12-4-2-3-11(15-12)13(14)17/h2-7,16H,1H3,(H2,14,17). The van der Waals surface area contributed by atoms with Crippen LogP contribution in [0.15, 0.2) is 36.4 Å². The second-order valence-electron chi connectivity index (χ2n) is 3.83. The van der Waals surface area contributed by atoms with Crippen LogP contribution in [0, 0.1) is 6.92 Å². The molecule has 0 saturated heterocycles. The second kappa shape index (κ2) is 4.75. The number of rotatable bonds is 3. The van der Waals surface area contributed by atoms with Gasteiger partial charge in [0.15, 0.2) is 0 Å². The van der Waals surface area contributed by atoms with Crippen LogP contribution in [0.5, 0.6) is 17.4 Å². The lowest BCUT2D eigenvalue weighted by Crippen LogP contribution is -2.12. The van der Waals surface area contributed by atoms with Gasteiger partial charge in [-0.1, -0.05) is 6.07 Å². The van der Waals surface area contributed by atoms with Crippen LogP contribution in [0.25, 0.3) is 0 Å². The van der Waals surface area contributed by atoms with E-state index in [1.54, 1.807) is 24.3 Å². The predicted molar refractivity (Wildman–Crippen MR) is 65.7 cm³/mol. The number of nitrogens with zero attached hydrogens (tertiary/aromatic N) is 1. The maximum atomic E-state index is 11.0. The Morgan fingerprint density at radius 1 is 1.33 bits per heavy atom. The molecule has 0 unspecified atom stereocenters. The van der Waals surface area contributed by atoms with E-state index in [9.17, 15) is 9.90 Å². The molecule has 1 aromatic carbocycles. The number of hydrogen-bond acceptors (Lipinski definition) is 4. The Hall–Kier alpha value is -2.56. The fourth-order valence-corrected chi connectivity index (χ4v) is 1.52. The van der Waals surface area contributed by atoms with Gasteiger partial charge in [-0.05, 0) is 30.7 Å². The van der Waals surface area contributed by atoms with Crippen LogP contribution in [-0.4, -0.2) is 16.0 Å². The Labute approximate surface area is 104 Å². The Balaban J connectivity index is 2.28. The Morgan fingerprint density at radius 3 is 2.78 bits per heavy atom. The number of amides is 1. The highest BCUT2D eigenvalue weighted by molar-refractivity contribution is 5.90. The third kappa shape index (κ3) is 2.76. The SMILES string of the molecule is Cc1cc(O)cc(Oc2cccc(C(N)=O)n2)c1. The predicted octanol–water partition coefficient (Wildman–Crippen LogP) is 1.99. The van der Waals surface area contributed by atoms with Crippen molar-refractivity contribution in [2.24, 2.45) is 5.73 Å². The van der Waals surface area contributed by atoms with Crippen molar-refractivity contribution >= 4 is 5.91 Å². The third-order valence-electron chi connectivity index (χ3n) is 2.23. The Kier molecular flexibility index (Phi) is 3.14. The molecule has 0 aliphatic carbocycles. The van der Waals surface area contributed by atoms with Gasteiger partial charge in [-0.2, -0.15) is 0 Å². The number of pyridine rings is 1. The van der Waals surface area contributed by atoms with Crippen molar-refractivity contribution in [2.45, 2.75) is 6.92 Å². The normalized spacial score (nSPS) is 10.1. The minimum Gasteiger partial charge on any atom is -0.508 e. The maximum absolute atomic E-state index is 11.0. The van der Waals surface area contributed by atoms with Crippen LogP contribution in [0.3, 0.4) is 0 Å². The van der Waals surface area contributed by atoms with Gasteiger partial charge in [-0.25, -0.2) is 4.98 Å². The quantitative estimate of drug-likeness (QED) is 0.864. The van der Waals surface area contributed by atoms with Crippen molar-refractivity contribution in [3.63, 3.8) is 0 Å².